The fourth-order valence-electron chi connectivity index (χ4n) is 7.06. The number of nitrogens with zero attached hydrogens (tertiary/aromatic N) is 1. The number of thioether (sulfide) groups is 1. The van der Waals surface area contributed by atoms with Crippen molar-refractivity contribution in [3.63, 3.8) is 0 Å². The van der Waals surface area contributed by atoms with Crippen molar-refractivity contribution in [2.45, 2.75) is 75.9 Å². The third-order valence-corrected chi connectivity index (χ3v) is 9.55. The zero-order valence-electron chi connectivity index (χ0n) is 25.6. The number of ketones is 2. The Morgan fingerprint density at radius 2 is 1.77 bits per heavy atom. The molecular weight excluding hydrogens is 576 g/mol. The number of nitrogens with two attached hydrogens (primary N) is 1. The Kier molecular flexibility index (Phi) is 8.31. The largest absolute Gasteiger partial charge is 0.508 e. The molecule has 12 heteroatoms. The summed E-state index contributed by atoms with van der Waals surface area (Å²) in [5.74, 6) is -9.14. The smallest absolute Gasteiger partial charge is 0.305 e. The zero-order chi connectivity index (χ0) is 32.5. The number of phenols is 1. The van der Waals surface area contributed by atoms with Gasteiger partial charge in [-0.15, -0.1) is 0 Å². The Balaban J connectivity index is 2.18. The van der Waals surface area contributed by atoms with E-state index in [0.717, 1.165) is 5.56 Å². The van der Waals surface area contributed by atoms with Crippen LogP contribution in [0.5, 0.6) is 5.75 Å². The van der Waals surface area contributed by atoms with Crippen LogP contribution in [0.25, 0.3) is 5.76 Å². The molecule has 6 atom stereocenters. The highest BCUT2D eigenvalue weighted by Gasteiger charge is 2.69. The number of rotatable bonds is 6. The van der Waals surface area contributed by atoms with Gasteiger partial charge in [0, 0.05) is 29.2 Å². The van der Waals surface area contributed by atoms with Gasteiger partial charge in [-0.3, -0.25) is 24.1 Å². The number of primary amides is 1. The van der Waals surface area contributed by atoms with E-state index in [-0.39, 0.29) is 23.3 Å². The number of aromatic hydroxyl groups is 1. The minimum atomic E-state index is -2.97. The van der Waals surface area contributed by atoms with Crippen LogP contribution in [0.4, 0.5) is 0 Å². The molecule has 3 aliphatic carbocycles. The second-order valence-electron chi connectivity index (χ2n) is 12.8. The van der Waals surface area contributed by atoms with Crippen molar-refractivity contribution in [3.8, 4) is 5.75 Å². The Bertz CT molecular complexity index is 1490. The average Bonchev–Trinajstić information content (AvgIpc) is 2.90. The Morgan fingerprint density at radius 3 is 2.26 bits per heavy atom. The Labute approximate surface area is 254 Å². The molecule has 1 aromatic carbocycles. The van der Waals surface area contributed by atoms with Crippen LogP contribution in [-0.4, -0.2) is 86.9 Å². The van der Waals surface area contributed by atoms with Crippen LogP contribution in [0.3, 0.4) is 0 Å². The van der Waals surface area contributed by atoms with Crippen LogP contribution >= 0.6 is 11.8 Å². The molecular formula is C31H40N2O9S. The molecule has 43 heavy (non-hydrogen) atoms. The molecule has 6 N–H and O–H groups in total. The van der Waals surface area contributed by atoms with Gasteiger partial charge in [-0.2, -0.15) is 11.8 Å². The summed E-state index contributed by atoms with van der Waals surface area (Å²) in [6.45, 7) is 9.00. The molecule has 3 aliphatic rings. The van der Waals surface area contributed by atoms with Gasteiger partial charge in [0.25, 0.3) is 5.91 Å². The number of amides is 1. The number of aliphatic hydroxyl groups excluding tert-OH is 2. The molecule has 0 bridgehead atoms. The van der Waals surface area contributed by atoms with Crippen molar-refractivity contribution in [1.29, 1.82) is 0 Å². The van der Waals surface area contributed by atoms with E-state index in [1.807, 2.05) is 33.1 Å². The van der Waals surface area contributed by atoms with E-state index in [4.69, 9.17) is 10.5 Å². The number of carbonyl (C=O) groups is 4. The molecule has 11 nitrogen and oxygen atoms in total. The lowest BCUT2D eigenvalue weighted by atomic mass is 9.53. The summed E-state index contributed by atoms with van der Waals surface area (Å²) in [7, 11) is 2.97. The van der Waals surface area contributed by atoms with Gasteiger partial charge in [-0.25, -0.2) is 0 Å². The summed E-state index contributed by atoms with van der Waals surface area (Å²) in [5.41, 5.74) is 2.45. The van der Waals surface area contributed by atoms with Gasteiger partial charge in [-0.05, 0) is 42.8 Å². The summed E-state index contributed by atoms with van der Waals surface area (Å²) in [6.07, 6.45) is 0.400. The first-order valence-electron chi connectivity index (χ1n) is 14.1. The zero-order valence-corrected chi connectivity index (χ0v) is 26.5. The number of esters is 1. The molecule has 0 spiro atoms. The van der Waals surface area contributed by atoms with Crippen molar-refractivity contribution in [1.82, 2.24) is 4.90 Å². The highest BCUT2D eigenvalue weighted by molar-refractivity contribution is 7.97. The van der Waals surface area contributed by atoms with E-state index in [9.17, 15) is 39.6 Å². The summed E-state index contributed by atoms with van der Waals surface area (Å²) in [4.78, 5) is 54.7. The first-order chi connectivity index (χ1) is 19.9. The van der Waals surface area contributed by atoms with E-state index < -0.39 is 81.4 Å². The van der Waals surface area contributed by atoms with Crippen molar-refractivity contribution in [2.75, 3.05) is 20.4 Å². The molecule has 4 rings (SSSR count). The van der Waals surface area contributed by atoms with Crippen molar-refractivity contribution in [3.05, 3.63) is 45.2 Å². The molecule has 234 valence electrons. The quantitative estimate of drug-likeness (QED) is 0.233. The van der Waals surface area contributed by atoms with E-state index in [1.54, 1.807) is 13.8 Å². The lowest BCUT2D eigenvalue weighted by Crippen LogP contribution is -2.71. The SMILES string of the molecule is CCC(=O)O[C@H]1[C@H]2C(=C(O)c3c(O)c(C(C)(C)C)cc(CSC)c3[C@@H]2C)C(=O)[C@]2(O)C(O)=C(C(N)=O)C(=O)[C@@H](N(C)C)[C@H]12. The predicted molar refractivity (Wildman–Crippen MR) is 160 cm³/mol. The lowest BCUT2D eigenvalue weighted by Gasteiger charge is -2.54. The van der Waals surface area contributed by atoms with Crippen LogP contribution in [0.15, 0.2) is 23.0 Å². The normalized spacial score (nSPS) is 28.9. The standard InChI is InChI=1S/C31H40N2O9S/c1-9-15(34)42-26-17-12(2)16-13(11-43-8)10-14(30(3,4)5)23(35)18(16)24(36)19(17)27(38)31(41)21(26)22(33(6)7)25(37)20(28(31)39)29(32)40/h10,12,17,21-22,26,35-36,39,41H,9,11H2,1-8H3,(H2,32,40)/t12-,17+,21+,22-,26-,31-/m0/s1. The second-order valence-corrected chi connectivity index (χ2v) is 13.6. The minimum absolute atomic E-state index is 0.0147. The maximum atomic E-state index is 14.5. The lowest BCUT2D eigenvalue weighted by molar-refractivity contribution is -0.185. The number of hydrogen-bond donors (Lipinski definition) is 5. The molecule has 1 amide bonds. The van der Waals surface area contributed by atoms with Crippen LogP contribution in [0.1, 0.15) is 69.2 Å². The second kappa shape index (κ2) is 11.0. The highest BCUT2D eigenvalue weighted by Crippen LogP contribution is 2.58. The van der Waals surface area contributed by atoms with Gasteiger partial charge in [0.15, 0.2) is 11.4 Å². The third-order valence-electron chi connectivity index (χ3n) is 8.95. The molecule has 0 heterocycles. The number of likely N-dealkylation sites (N-methyl/N-ethyl adjacent to an activating group) is 1. The Hall–Kier alpha value is -3.35. The molecule has 1 fully saturated rings. The van der Waals surface area contributed by atoms with E-state index in [2.05, 4.69) is 0 Å². The van der Waals surface area contributed by atoms with Crippen LogP contribution in [0.2, 0.25) is 0 Å². The fourth-order valence-corrected chi connectivity index (χ4v) is 7.61. The summed E-state index contributed by atoms with van der Waals surface area (Å²) in [5, 5.41) is 46.9. The molecule has 0 aromatic heterocycles. The number of phenolic OH excluding ortho intramolecular Hbond substituents is 1. The number of aliphatic hydroxyl groups is 3. The average molecular weight is 617 g/mol. The predicted octanol–water partition coefficient (Wildman–Crippen LogP) is 2.62. The van der Waals surface area contributed by atoms with Gasteiger partial charge in [0.2, 0.25) is 5.78 Å². The first kappa shape index (κ1) is 32.6. The summed E-state index contributed by atoms with van der Waals surface area (Å²) in [6, 6.07) is 0.454. The fraction of sp³-hybridized carbons (Fsp3) is 0.548. The maximum Gasteiger partial charge on any atom is 0.305 e. The molecule has 0 unspecified atom stereocenters. The number of hydrogen-bond acceptors (Lipinski definition) is 11. The number of benzene rings is 1. The molecule has 1 saturated carbocycles. The molecule has 0 radical (unpaired) electrons. The van der Waals surface area contributed by atoms with Gasteiger partial charge in [-0.1, -0.05) is 40.7 Å². The monoisotopic (exact) mass is 616 g/mol. The van der Waals surface area contributed by atoms with Gasteiger partial charge < -0.3 is 30.9 Å². The van der Waals surface area contributed by atoms with E-state index in [1.165, 1.54) is 30.8 Å². The van der Waals surface area contributed by atoms with Crippen molar-refractivity contribution < 1.29 is 44.3 Å². The highest BCUT2D eigenvalue weighted by atomic mass is 32.2. The maximum absolute atomic E-state index is 14.5. The first-order valence-corrected chi connectivity index (χ1v) is 15.5. The Morgan fingerprint density at radius 1 is 1.16 bits per heavy atom. The van der Waals surface area contributed by atoms with Crippen LogP contribution in [0, 0.1) is 11.8 Å². The van der Waals surface area contributed by atoms with Crippen LogP contribution < -0.4 is 5.73 Å². The van der Waals surface area contributed by atoms with Gasteiger partial charge >= 0.3 is 5.97 Å². The number of ether oxygens (including phenoxy) is 1. The minimum Gasteiger partial charge on any atom is -0.508 e. The number of Topliss-reactive ketones (excluding diaryl/α,β-unsaturated/α-hetero) is 2. The van der Waals surface area contributed by atoms with Gasteiger partial charge in [0.1, 0.15) is 28.9 Å². The van der Waals surface area contributed by atoms with E-state index in [0.29, 0.717) is 16.9 Å². The topological polar surface area (TPSA) is 188 Å². The van der Waals surface area contributed by atoms with E-state index >= 15 is 0 Å². The molecule has 0 saturated heterocycles. The number of fused-ring (bicyclic) bond motifs is 3. The van der Waals surface area contributed by atoms with Crippen molar-refractivity contribution in [2.24, 2.45) is 17.6 Å². The third kappa shape index (κ3) is 4.65. The van der Waals surface area contributed by atoms with Gasteiger partial charge in [0.05, 0.1) is 17.5 Å². The number of carbonyl (C=O) groups excluding carboxylic acids is 4. The summed E-state index contributed by atoms with van der Waals surface area (Å²) < 4.78 is 5.91. The van der Waals surface area contributed by atoms with Crippen LogP contribution in [-0.2, 0) is 35.1 Å². The molecule has 1 aromatic rings. The van der Waals surface area contributed by atoms with Crippen molar-refractivity contribution >= 4 is 41.0 Å². The summed E-state index contributed by atoms with van der Waals surface area (Å²) >= 11 is 1.52. The molecule has 0 aliphatic heterocycles.